The Morgan fingerprint density at radius 3 is 2.45 bits per heavy atom. The molecule has 0 atom stereocenters. The van der Waals surface area contributed by atoms with Gasteiger partial charge in [0, 0.05) is 25.0 Å². The zero-order valence-corrected chi connectivity index (χ0v) is 17.9. The van der Waals surface area contributed by atoms with E-state index in [0.717, 1.165) is 28.0 Å². The standard InChI is InChI=1S/C21H23N5O2S/c1-13-8-9-17(19-12-26-10-6-7-14(2)21(26)22-19)11-18(13)24-29(27,28)20-15(3)23-25(5)16(20)4/h6-12,24H,1-5H3. The summed E-state index contributed by atoms with van der Waals surface area (Å²) >= 11 is 0. The topological polar surface area (TPSA) is 81.3 Å². The van der Waals surface area contributed by atoms with Crippen LogP contribution in [0.3, 0.4) is 0 Å². The molecule has 0 aliphatic rings. The van der Waals surface area contributed by atoms with Gasteiger partial charge in [0.15, 0.2) is 0 Å². The maximum atomic E-state index is 13.1. The summed E-state index contributed by atoms with van der Waals surface area (Å²) in [6, 6.07) is 9.66. The SMILES string of the molecule is Cc1ccc(-c2cn3cccc(C)c3n2)cc1NS(=O)(=O)c1c(C)nn(C)c1C. The molecule has 4 rings (SSSR count). The smallest absolute Gasteiger partial charge is 0.265 e. The molecule has 0 saturated heterocycles. The van der Waals surface area contributed by atoms with Gasteiger partial charge in [-0.3, -0.25) is 9.40 Å². The van der Waals surface area contributed by atoms with Crippen LogP contribution in [0.4, 0.5) is 5.69 Å². The number of fused-ring (bicyclic) bond motifs is 1. The molecule has 0 bridgehead atoms. The summed E-state index contributed by atoms with van der Waals surface area (Å²) in [6.45, 7) is 7.33. The van der Waals surface area contributed by atoms with Crippen LogP contribution in [-0.4, -0.2) is 27.6 Å². The monoisotopic (exact) mass is 409 g/mol. The van der Waals surface area contributed by atoms with Gasteiger partial charge < -0.3 is 4.40 Å². The molecule has 0 fully saturated rings. The van der Waals surface area contributed by atoms with E-state index in [-0.39, 0.29) is 4.90 Å². The molecule has 7 nitrogen and oxygen atoms in total. The molecular formula is C21H23N5O2S. The number of rotatable bonds is 4. The molecule has 150 valence electrons. The summed E-state index contributed by atoms with van der Waals surface area (Å²) in [6.07, 6.45) is 3.89. The van der Waals surface area contributed by atoms with Crippen LogP contribution in [0.5, 0.6) is 0 Å². The fraction of sp³-hybridized carbons (Fsp3) is 0.238. The number of nitrogens with one attached hydrogen (secondary N) is 1. The number of imidazole rings is 1. The molecule has 3 aromatic heterocycles. The van der Waals surface area contributed by atoms with E-state index >= 15 is 0 Å². The molecule has 0 aliphatic carbocycles. The Kier molecular flexibility index (Phi) is 4.46. The van der Waals surface area contributed by atoms with Gasteiger partial charge in [0.2, 0.25) is 0 Å². The van der Waals surface area contributed by atoms with E-state index in [2.05, 4.69) is 9.82 Å². The fourth-order valence-electron chi connectivity index (χ4n) is 3.52. The van der Waals surface area contributed by atoms with Gasteiger partial charge in [-0.15, -0.1) is 0 Å². The Hall–Kier alpha value is -3.13. The summed E-state index contributed by atoms with van der Waals surface area (Å²) < 4.78 is 32.4. The molecule has 0 aliphatic heterocycles. The van der Waals surface area contributed by atoms with E-state index in [1.54, 1.807) is 25.6 Å². The minimum atomic E-state index is -3.77. The summed E-state index contributed by atoms with van der Waals surface area (Å²) in [4.78, 5) is 4.93. The van der Waals surface area contributed by atoms with Gasteiger partial charge in [-0.2, -0.15) is 5.10 Å². The third kappa shape index (κ3) is 3.29. The third-order valence-corrected chi connectivity index (χ3v) is 6.78. The highest BCUT2D eigenvalue weighted by Crippen LogP contribution is 2.29. The molecule has 0 radical (unpaired) electrons. The van der Waals surface area contributed by atoms with Crippen molar-refractivity contribution in [2.75, 3.05) is 4.72 Å². The van der Waals surface area contributed by atoms with E-state index in [1.807, 2.05) is 61.0 Å². The van der Waals surface area contributed by atoms with Crippen LogP contribution < -0.4 is 4.72 Å². The van der Waals surface area contributed by atoms with E-state index in [0.29, 0.717) is 17.1 Å². The number of aryl methyl sites for hydroxylation is 4. The lowest BCUT2D eigenvalue weighted by atomic mass is 10.1. The Balaban J connectivity index is 1.76. The molecule has 1 N–H and O–H groups in total. The molecule has 0 amide bonds. The highest BCUT2D eigenvalue weighted by molar-refractivity contribution is 7.92. The number of pyridine rings is 1. The van der Waals surface area contributed by atoms with Gasteiger partial charge in [-0.25, -0.2) is 13.4 Å². The average Bonchev–Trinajstić information content (AvgIpc) is 3.19. The lowest BCUT2D eigenvalue weighted by molar-refractivity contribution is 0.599. The van der Waals surface area contributed by atoms with Crippen LogP contribution in [0.15, 0.2) is 47.6 Å². The first-order chi connectivity index (χ1) is 13.7. The maximum Gasteiger partial charge on any atom is 0.265 e. The Bertz CT molecular complexity index is 1350. The molecule has 1 aromatic carbocycles. The summed E-state index contributed by atoms with van der Waals surface area (Å²) in [5.74, 6) is 0. The lowest BCUT2D eigenvalue weighted by Crippen LogP contribution is -2.15. The predicted octanol–water partition coefficient (Wildman–Crippen LogP) is 3.77. The second kappa shape index (κ2) is 6.73. The van der Waals surface area contributed by atoms with Crippen LogP contribution >= 0.6 is 0 Å². The number of nitrogens with zero attached hydrogens (tertiary/aromatic N) is 4. The summed E-state index contributed by atoms with van der Waals surface area (Å²) in [7, 11) is -2.03. The Morgan fingerprint density at radius 2 is 1.79 bits per heavy atom. The molecule has 3 heterocycles. The Morgan fingerprint density at radius 1 is 1.03 bits per heavy atom. The molecule has 0 spiro atoms. The largest absolute Gasteiger partial charge is 0.306 e. The highest BCUT2D eigenvalue weighted by Gasteiger charge is 2.24. The van der Waals surface area contributed by atoms with Crippen LogP contribution in [-0.2, 0) is 17.1 Å². The highest BCUT2D eigenvalue weighted by atomic mass is 32.2. The van der Waals surface area contributed by atoms with Crippen molar-refractivity contribution in [2.24, 2.45) is 7.05 Å². The molecule has 4 aromatic rings. The minimum absolute atomic E-state index is 0.216. The minimum Gasteiger partial charge on any atom is -0.306 e. The van der Waals surface area contributed by atoms with Gasteiger partial charge in [0.05, 0.1) is 22.8 Å². The van der Waals surface area contributed by atoms with Crippen LogP contribution in [0.2, 0.25) is 0 Å². The summed E-state index contributed by atoms with van der Waals surface area (Å²) in [5, 5.41) is 4.22. The zero-order valence-electron chi connectivity index (χ0n) is 17.1. The van der Waals surface area contributed by atoms with Crippen molar-refractivity contribution < 1.29 is 8.42 Å². The Labute approximate surface area is 170 Å². The normalized spacial score (nSPS) is 11.9. The molecule has 0 unspecified atom stereocenters. The lowest BCUT2D eigenvalue weighted by Gasteiger charge is -2.12. The van der Waals surface area contributed by atoms with E-state index < -0.39 is 10.0 Å². The van der Waals surface area contributed by atoms with Gasteiger partial charge >= 0.3 is 0 Å². The maximum absolute atomic E-state index is 13.1. The first-order valence-electron chi connectivity index (χ1n) is 9.26. The van der Waals surface area contributed by atoms with E-state index in [4.69, 9.17) is 4.98 Å². The van der Waals surface area contributed by atoms with Crippen molar-refractivity contribution in [3.05, 3.63) is 65.2 Å². The van der Waals surface area contributed by atoms with Gasteiger partial charge in [0.25, 0.3) is 10.0 Å². The number of hydrogen-bond acceptors (Lipinski definition) is 4. The van der Waals surface area contributed by atoms with Crippen LogP contribution in [0, 0.1) is 27.7 Å². The number of sulfonamides is 1. The van der Waals surface area contributed by atoms with Crippen LogP contribution in [0.25, 0.3) is 16.9 Å². The zero-order chi connectivity index (χ0) is 20.9. The van der Waals surface area contributed by atoms with Gasteiger partial charge in [-0.05, 0) is 51.0 Å². The fourth-order valence-corrected chi connectivity index (χ4v) is 5.09. The van der Waals surface area contributed by atoms with Crippen molar-refractivity contribution >= 4 is 21.4 Å². The second-order valence-corrected chi connectivity index (χ2v) is 8.93. The molecule has 29 heavy (non-hydrogen) atoms. The van der Waals surface area contributed by atoms with E-state index in [9.17, 15) is 8.42 Å². The first-order valence-corrected chi connectivity index (χ1v) is 10.7. The molecular weight excluding hydrogens is 386 g/mol. The van der Waals surface area contributed by atoms with Gasteiger partial charge in [0.1, 0.15) is 10.5 Å². The average molecular weight is 410 g/mol. The van der Waals surface area contributed by atoms with Gasteiger partial charge in [-0.1, -0.05) is 18.2 Å². The van der Waals surface area contributed by atoms with Crippen molar-refractivity contribution in [1.29, 1.82) is 0 Å². The number of aromatic nitrogens is 4. The van der Waals surface area contributed by atoms with Crippen molar-refractivity contribution in [2.45, 2.75) is 32.6 Å². The third-order valence-electron chi connectivity index (χ3n) is 5.17. The second-order valence-electron chi connectivity index (χ2n) is 7.31. The van der Waals surface area contributed by atoms with E-state index in [1.165, 1.54) is 0 Å². The first kappa shape index (κ1) is 19.2. The van der Waals surface area contributed by atoms with Crippen molar-refractivity contribution in [3.8, 4) is 11.3 Å². The summed E-state index contributed by atoms with van der Waals surface area (Å²) in [5.41, 5.74) is 6.02. The quantitative estimate of drug-likeness (QED) is 0.556. The predicted molar refractivity (Wildman–Crippen MR) is 114 cm³/mol. The molecule has 0 saturated carbocycles. The number of hydrogen-bond donors (Lipinski definition) is 1. The number of anilines is 1. The van der Waals surface area contributed by atoms with Crippen molar-refractivity contribution in [3.63, 3.8) is 0 Å². The van der Waals surface area contributed by atoms with Crippen molar-refractivity contribution in [1.82, 2.24) is 19.2 Å². The van der Waals surface area contributed by atoms with Crippen LogP contribution in [0.1, 0.15) is 22.5 Å². The number of benzene rings is 1. The molecule has 8 heteroatoms.